The zero-order valence-corrected chi connectivity index (χ0v) is 19.9. The number of hydrogen-bond acceptors (Lipinski definition) is 6. The number of aromatic nitrogens is 3. The third kappa shape index (κ3) is 5.11. The predicted molar refractivity (Wildman–Crippen MR) is 130 cm³/mol. The largest absolute Gasteiger partial charge is 0.356 e. The standard InChI is InChI=1S/C25H40N6/c1-5-9-18(2)28-25-27-17-22-23(29-25)21(19-10-7-6-8-11-19)16-26-24(22)31(4)20-12-14-30(3)15-13-20/h16-20H,5-15H2,1-4H3,(H,27,28,29). The second kappa shape index (κ2) is 10.1. The molecule has 2 aromatic rings. The lowest BCUT2D eigenvalue weighted by Gasteiger charge is -2.36. The third-order valence-electron chi connectivity index (χ3n) is 7.34. The number of piperidine rings is 1. The molecule has 1 aliphatic heterocycles. The van der Waals surface area contributed by atoms with Gasteiger partial charge in [-0.3, -0.25) is 0 Å². The normalized spacial score (nSPS) is 20.1. The van der Waals surface area contributed by atoms with Crippen molar-refractivity contribution < 1.29 is 0 Å². The fourth-order valence-corrected chi connectivity index (χ4v) is 5.37. The van der Waals surface area contributed by atoms with Gasteiger partial charge < -0.3 is 15.1 Å². The molecule has 170 valence electrons. The first kappa shape index (κ1) is 22.3. The summed E-state index contributed by atoms with van der Waals surface area (Å²) in [6.45, 7) is 6.72. The van der Waals surface area contributed by atoms with Crippen molar-refractivity contribution in [2.45, 2.75) is 89.6 Å². The van der Waals surface area contributed by atoms with Crippen molar-refractivity contribution in [1.29, 1.82) is 0 Å². The Morgan fingerprint density at radius 1 is 1.10 bits per heavy atom. The quantitative estimate of drug-likeness (QED) is 0.659. The Hall–Kier alpha value is -1.95. The molecular formula is C25H40N6. The Labute approximate surface area is 187 Å². The molecule has 2 aromatic heterocycles. The highest BCUT2D eigenvalue weighted by molar-refractivity contribution is 5.92. The van der Waals surface area contributed by atoms with E-state index in [4.69, 9.17) is 15.0 Å². The van der Waals surface area contributed by atoms with Crippen molar-refractivity contribution in [3.8, 4) is 0 Å². The van der Waals surface area contributed by atoms with Crippen molar-refractivity contribution in [3.05, 3.63) is 18.0 Å². The molecule has 0 aromatic carbocycles. The van der Waals surface area contributed by atoms with E-state index < -0.39 is 0 Å². The van der Waals surface area contributed by atoms with Gasteiger partial charge in [-0.2, -0.15) is 0 Å². The number of hydrogen-bond donors (Lipinski definition) is 1. The first-order chi connectivity index (χ1) is 15.1. The Kier molecular flexibility index (Phi) is 7.26. The van der Waals surface area contributed by atoms with Crippen LogP contribution >= 0.6 is 0 Å². The molecule has 2 fully saturated rings. The summed E-state index contributed by atoms with van der Waals surface area (Å²) >= 11 is 0. The van der Waals surface area contributed by atoms with Gasteiger partial charge in [-0.25, -0.2) is 15.0 Å². The van der Waals surface area contributed by atoms with Crippen LogP contribution in [0.3, 0.4) is 0 Å². The number of nitrogens with zero attached hydrogens (tertiary/aromatic N) is 5. The van der Waals surface area contributed by atoms with Gasteiger partial charge in [0.1, 0.15) is 5.82 Å². The minimum Gasteiger partial charge on any atom is -0.356 e. The van der Waals surface area contributed by atoms with Crippen LogP contribution in [0.5, 0.6) is 0 Å². The van der Waals surface area contributed by atoms with Gasteiger partial charge in [-0.05, 0) is 65.1 Å². The van der Waals surface area contributed by atoms with E-state index in [0.717, 1.165) is 48.6 Å². The highest BCUT2D eigenvalue weighted by Crippen LogP contribution is 2.38. The predicted octanol–water partition coefficient (Wildman–Crippen LogP) is 5.20. The number of nitrogens with one attached hydrogen (secondary N) is 1. The van der Waals surface area contributed by atoms with Gasteiger partial charge in [0.15, 0.2) is 0 Å². The molecule has 3 heterocycles. The van der Waals surface area contributed by atoms with E-state index in [2.05, 4.69) is 49.3 Å². The Morgan fingerprint density at radius 2 is 1.84 bits per heavy atom. The zero-order chi connectivity index (χ0) is 21.8. The molecule has 6 heteroatoms. The average Bonchev–Trinajstić information content (AvgIpc) is 2.79. The van der Waals surface area contributed by atoms with E-state index in [9.17, 15) is 0 Å². The lowest BCUT2D eigenvalue weighted by atomic mass is 9.84. The maximum Gasteiger partial charge on any atom is 0.223 e. The maximum atomic E-state index is 5.08. The number of likely N-dealkylation sites (tertiary alicyclic amines) is 1. The van der Waals surface area contributed by atoms with Crippen LogP contribution in [-0.2, 0) is 0 Å². The van der Waals surface area contributed by atoms with Crippen molar-refractivity contribution in [2.75, 3.05) is 37.4 Å². The molecule has 1 saturated heterocycles. The molecule has 6 nitrogen and oxygen atoms in total. The second-order valence-corrected chi connectivity index (χ2v) is 9.81. The van der Waals surface area contributed by atoms with Crippen LogP contribution in [0.4, 0.5) is 11.8 Å². The molecule has 0 bridgehead atoms. The van der Waals surface area contributed by atoms with Gasteiger partial charge in [0.05, 0.1) is 10.9 Å². The summed E-state index contributed by atoms with van der Waals surface area (Å²) in [6, 6.07) is 0.901. The Balaban J connectivity index is 1.70. The first-order valence-electron chi connectivity index (χ1n) is 12.4. The number of rotatable bonds is 7. The fourth-order valence-electron chi connectivity index (χ4n) is 5.37. The zero-order valence-electron chi connectivity index (χ0n) is 19.9. The molecular weight excluding hydrogens is 384 g/mol. The number of anilines is 2. The summed E-state index contributed by atoms with van der Waals surface area (Å²) in [7, 11) is 4.41. The molecule has 1 N–H and O–H groups in total. The van der Waals surface area contributed by atoms with Crippen molar-refractivity contribution in [1.82, 2.24) is 19.9 Å². The molecule has 0 amide bonds. The van der Waals surface area contributed by atoms with E-state index in [0.29, 0.717) is 18.0 Å². The highest BCUT2D eigenvalue weighted by Gasteiger charge is 2.26. The summed E-state index contributed by atoms with van der Waals surface area (Å²) in [4.78, 5) is 19.6. The minimum atomic E-state index is 0.379. The van der Waals surface area contributed by atoms with Gasteiger partial charge in [-0.1, -0.05) is 32.6 Å². The Morgan fingerprint density at radius 3 is 2.55 bits per heavy atom. The van der Waals surface area contributed by atoms with Crippen LogP contribution in [0.25, 0.3) is 10.9 Å². The number of fused-ring (bicyclic) bond motifs is 1. The van der Waals surface area contributed by atoms with Crippen molar-refractivity contribution >= 4 is 22.7 Å². The second-order valence-electron chi connectivity index (χ2n) is 9.81. The van der Waals surface area contributed by atoms with Gasteiger partial charge in [0, 0.05) is 37.1 Å². The van der Waals surface area contributed by atoms with Crippen molar-refractivity contribution in [3.63, 3.8) is 0 Å². The summed E-state index contributed by atoms with van der Waals surface area (Å²) in [5, 5.41) is 4.63. The maximum absolute atomic E-state index is 5.08. The monoisotopic (exact) mass is 424 g/mol. The van der Waals surface area contributed by atoms with Crippen LogP contribution in [0, 0.1) is 0 Å². The van der Waals surface area contributed by atoms with Crippen LogP contribution in [-0.4, -0.2) is 59.1 Å². The van der Waals surface area contributed by atoms with E-state index in [1.54, 1.807) is 0 Å². The highest BCUT2D eigenvalue weighted by atomic mass is 15.2. The topological polar surface area (TPSA) is 57.2 Å². The summed E-state index contributed by atoms with van der Waals surface area (Å²) in [6.07, 6.45) is 15.3. The molecule has 2 aliphatic rings. The molecule has 1 unspecified atom stereocenters. The number of pyridine rings is 1. The van der Waals surface area contributed by atoms with Gasteiger partial charge in [0.25, 0.3) is 0 Å². The molecule has 31 heavy (non-hydrogen) atoms. The molecule has 4 rings (SSSR count). The molecule has 0 radical (unpaired) electrons. The van der Waals surface area contributed by atoms with E-state index in [-0.39, 0.29) is 0 Å². The van der Waals surface area contributed by atoms with Gasteiger partial charge in [0.2, 0.25) is 5.95 Å². The van der Waals surface area contributed by atoms with Crippen molar-refractivity contribution in [2.24, 2.45) is 0 Å². The van der Waals surface area contributed by atoms with Crippen LogP contribution in [0.1, 0.15) is 83.1 Å². The molecule has 0 spiro atoms. The van der Waals surface area contributed by atoms with Crippen LogP contribution < -0.4 is 10.2 Å². The molecule has 1 atom stereocenters. The van der Waals surface area contributed by atoms with Crippen LogP contribution in [0.15, 0.2) is 12.4 Å². The average molecular weight is 425 g/mol. The smallest absolute Gasteiger partial charge is 0.223 e. The summed E-state index contributed by atoms with van der Waals surface area (Å²) in [5.41, 5.74) is 2.43. The molecule has 1 aliphatic carbocycles. The fraction of sp³-hybridized carbons (Fsp3) is 0.720. The first-order valence-corrected chi connectivity index (χ1v) is 12.4. The van der Waals surface area contributed by atoms with Crippen LogP contribution in [0.2, 0.25) is 0 Å². The lowest BCUT2D eigenvalue weighted by Crippen LogP contribution is -2.42. The lowest BCUT2D eigenvalue weighted by molar-refractivity contribution is 0.252. The van der Waals surface area contributed by atoms with E-state index >= 15 is 0 Å². The summed E-state index contributed by atoms with van der Waals surface area (Å²) < 4.78 is 0. The SMILES string of the molecule is CCCC(C)Nc1ncc2c(N(C)C3CCN(C)CC3)ncc(C3CCCCC3)c2n1. The van der Waals surface area contributed by atoms with E-state index in [1.165, 1.54) is 50.5 Å². The molecule has 1 saturated carbocycles. The summed E-state index contributed by atoms with van der Waals surface area (Å²) in [5.74, 6) is 2.36. The third-order valence-corrected chi connectivity index (χ3v) is 7.34. The Bertz CT molecular complexity index is 854. The van der Waals surface area contributed by atoms with Gasteiger partial charge in [-0.15, -0.1) is 0 Å². The van der Waals surface area contributed by atoms with Gasteiger partial charge >= 0.3 is 0 Å². The van der Waals surface area contributed by atoms with E-state index in [1.807, 2.05) is 6.20 Å². The minimum absolute atomic E-state index is 0.379.